The van der Waals surface area contributed by atoms with Gasteiger partial charge in [-0.15, -0.1) is 0 Å². The number of nitrogens with zero attached hydrogens (tertiary/aromatic N) is 2. The van der Waals surface area contributed by atoms with Crippen molar-refractivity contribution in [2.45, 2.75) is 11.6 Å². The second-order valence-corrected chi connectivity index (χ2v) is 5.74. The first kappa shape index (κ1) is 19.9. The highest BCUT2D eigenvalue weighted by atomic mass is 16.8. The van der Waals surface area contributed by atoms with Crippen molar-refractivity contribution in [3.63, 3.8) is 0 Å². The zero-order chi connectivity index (χ0) is 19.4. The van der Waals surface area contributed by atoms with E-state index in [4.69, 9.17) is 23.7 Å². The molecular formula is C19H22N2O5. The topological polar surface area (TPSA) is 93.7 Å². The van der Waals surface area contributed by atoms with Gasteiger partial charge < -0.3 is 23.7 Å². The Morgan fingerprint density at radius 1 is 0.885 bits per heavy atom. The Labute approximate surface area is 153 Å². The van der Waals surface area contributed by atoms with Gasteiger partial charge in [0, 0.05) is 28.4 Å². The number of ether oxygens (including phenoxy) is 5. The zero-order valence-corrected chi connectivity index (χ0v) is 15.5. The van der Waals surface area contributed by atoms with Crippen LogP contribution in [-0.2, 0) is 18.9 Å². The molecule has 0 heterocycles. The van der Waals surface area contributed by atoms with E-state index in [2.05, 4.69) is 0 Å². The Bertz CT molecular complexity index is 723. The SMILES string of the molecule is COc1ccc(/C=C\[C@@H]2C(C#N)(C#N)C(OC)(OC)C2(OC)OC)cc1. The van der Waals surface area contributed by atoms with E-state index in [1.807, 2.05) is 36.4 Å². The summed E-state index contributed by atoms with van der Waals surface area (Å²) in [7, 11) is 7.13. The standard InChI is InChI=1S/C19H22N2O5/c1-22-15-9-6-14(7-10-15)8-11-16-17(12-20,13-21)19(25-4,26-5)18(16,23-2)24-3/h6-11,16H,1-5H3/b11-8-/t16-/m1/s1. The van der Waals surface area contributed by atoms with Crippen LogP contribution in [0.5, 0.6) is 5.75 Å². The summed E-state index contributed by atoms with van der Waals surface area (Å²) in [4.78, 5) is 0. The molecule has 0 saturated heterocycles. The molecule has 0 aromatic heterocycles. The Morgan fingerprint density at radius 2 is 1.42 bits per heavy atom. The van der Waals surface area contributed by atoms with E-state index in [1.54, 1.807) is 19.3 Å². The van der Waals surface area contributed by atoms with E-state index < -0.39 is 22.9 Å². The van der Waals surface area contributed by atoms with Crippen LogP contribution in [-0.4, -0.2) is 47.1 Å². The highest BCUT2D eigenvalue weighted by molar-refractivity contribution is 5.54. The molecule has 1 aromatic carbocycles. The number of nitriles is 2. The number of rotatable bonds is 7. The fourth-order valence-corrected chi connectivity index (χ4v) is 3.69. The van der Waals surface area contributed by atoms with Crippen molar-refractivity contribution in [2.24, 2.45) is 11.3 Å². The number of hydrogen-bond donors (Lipinski definition) is 0. The van der Waals surface area contributed by atoms with Crippen molar-refractivity contribution in [1.29, 1.82) is 10.5 Å². The van der Waals surface area contributed by atoms with Gasteiger partial charge in [-0.05, 0) is 17.7 Å². The Morgan fingerprint density at radius 3 is 1.81 bits per heavy atom. The predicted molar refractivity (Wildman–Crippen MR) is 92.7 cm³/mol. The molecule has 0 bridgehead atoms. The van der Waals surface area contributed by atoms with Gasteiger partial charge in [-0.3, -0.25) is 0 Å². The minimum Gasteiger partial charge on any atom is -0.497 e. The van der Waals surface area contributed by atoms with E-state index in [0.717, 1.165) is 11.3 Å². The molecule has 0 radical (unpaired) electrons. The molecule has 7 nitrogen and oxygen atoms in total. The quantitative estimate of drug-likeness (QED) is 0.691. The molecule has 1 aliphatic carbocycles. The van der Waals surface area contributed by atoms with Crippen LogP contribution in [0.4, 0.5) is 0 Å². The fraction of sp³-hybridized carbons (Fsp3) is 0.474. The third-order valence-corrected chi connectivity index (χ3v) is 4.98. The summed E-state index contributed by atoms with van der Waals surface area (Å²) in [6.07, 6.45) is 3.49. The van der Waals surface area contributed by atoms with E-state index in [9.17, 15) is 10.5 Å². The molecule has 0 unspecified atom stereocenters. The van der Waals surface area contributed by atoms with Gasteiger partial charge in [0.25, 0.3) is 5.79 Å². The highest BCUT2D eigenvalue weighted by Gasteiger charge is 2.85. The first-order valence-corrected chi connectivity index (χ1v) is 7.86. The monoisotopic (exact) mass is 358 g/mol. The molecule has 26 heavy (non-hydrogen) atoms. The van der Waals surface area contributed by atoms with Gasteiger partial charge in [0.15, 0.2) is 0 Å². The minimum atomic E-state index is -1.69. The summed E-state index contributed by atoms with van der Waals surface area (Å²) < 4.78 is 27.2. The normalized spacial score (nSPS) is 22.2. The van der Waals surface area contributed by atoms with Crippen molar-refractivity contribution in [2.75, 3.05) is 35.5 Å². The number of benzene rings is 1. The second kappa shape index (κ2) is 7.45. The van der Waals surface area contributed by atoms with Crippen LogP contribution < -0.4 is 4.74 Å². The predicted octanol–water partition coefficient (Wildman–Crippen LogP) is 2.35. The van der Waals surface area contributed by atoms with Gasteiger partial charge in [0.1, 0.15) is 5.75 Å². The highest BCUT2D eigenvalue weighted by Crippen LogP contribution is 2.65. The van der Waals surface area contributed by atoms with Crippen molar-refractivity contribution >= 4 is 6.08 Å². The molecule has 138 valence electrons. The average Bonchev–Trinajstić information content (AvgIpc) is 2.69. The van der Waals surface area contributed by atoms with Crippen LogP contribution >= 0.6 is 0 Å². The van der Waals surface area contributed by atoms with Gasteiger partial charge in [-0.2, -0.15) is 10.5 Å². The lowest BCUT2D eigenvalue weighted by molar-refractivity contribution is -0.489. The first-order valence-electron chi connectivity index (χ1n) is 7.86. The summed E-state index contributed by atoms with van der Waals surface area (Å²) in [6.45, 7) is 0. The molecule has 1 atom stereocenters. The maximum absolute atomic E-state index is 9.80. The third-order valence-electron chi connectivity index (χ3n) is 4.98. The molecule has 7 heteroatoms. The van der Waals surface area contributed by atoms with Crippen LogP contribution in [0.15, 0.2) is 30.3 Å². The molecule has 0 amide bonds. The molecule has 1 aliphatic rings. The van der Waals surface area contributed by atoms with Crippen LogP contribution in [0.1, 0.15) is 5.56 Å². The van der Waals surface area contributed by atoms with Gasteiger partial charge in [0.2, 0.25) is 11.2 Å². The van der Waals surface area contributed by atoms with Crippen molar-refractivity contribution < 1.29 is 23.7 Å². The van der Waals surface area contributed by atoms with Crippen LogP contribution in [0.3, 0.4) is 0 Å². The lowest BCUT2D eigenvalue weighted by atomic mass is 9.51. The molecule has 0 aliphatic heterocycles. The van der Waals surface area contributed by atoms with Crippen LogP contribution in [0.2, 0.25) is 0 Å². The summed E-state index contributed by atoms with van der Waals surface area (Å²) in [5, 5.41) is 19.6. The zero-order valence-electron chi connectivity index (χ0n) is 15.5. The molecule has 2 rings (SSSR count). The Balaban J connectivity index is 2.51. The lowest BCUT2D eigenvalue weighted by Gasteiger charge is -2.64. The van der Waals surface area contributed by atoms with Gasteiger partial charge in [-0.1, -0.05) is 24.3 Å². The molecule has 0 N–H and O–H groups in total. The van der Waals surface area contributed by atoms with Crippen LogP contribution in [0, 0.1) is 34.0 Å². The summed E-state index contributed by atoms with van der Waals surface area (Å²) in [5.74, 6) is -3.16. The third kappa shape index (κ3) is 2.33. The molecule has 1 saturated carbocycles. The lowest BCUT2D eigenvalue weighted by Crippen LogP contribution is -2.83. The van der Waals surface area contributed by atoms with E-state index in [0.29, 0.717) is 0 Å². The number of hydrogen-bond acceptors (Lipinski definition) is 7. The van der Waals surface area contributed by atoms with Gasteiger partial charge in [0.05, 0.1) is 25.2 Å². The largest absolute Gasteiger partial charge is 0.497 e. The fourth-order valence-electron chi connectivity index (χ4n) is 3.69. The Hall–Kier alpha value is -2.42. The summed E-state index contributed by atoms with van der Waals surface area (Å²) in [6, 6.07) is 11.4. The first-order chi connectivity index (χ1) is 12.5. The number of methoxy groups -OCH3 is 5. The molecule has 0 spiro atoms. The van der Waals surface area contributed by atoms with E-state index in [1.165, 1.54) is 28.4 Å². The van der Waals surface area contributed by atoms with Gasteiger partial charge >= 0.3 is 0 Å². The summed E-state index contributed by atoms with van der Waals surface area (Å²) in [5.41, 5.74) is -0.782. The Kier molecular flexibility index (Phi) is 5.70. The van der Waals surface area contributed by atoms with Crippen LogP contribution in [0.25, 0.3) is 6.08 Å². The van der Waals surface area contributed by atoms with Crippen molar-refractivity contribution in [3.05, 3.63) is 35.9 Å². The molecule has 1 fully saturated rings. The van der Waals surface area contributed by atoms with E-state index in [-0.39, 0.29) is 0 Å². The van der Waals surface area contributed by atoms with E-state index >= 15 is 0 Å². The molecular weight excluding hydrogens is 336 g/mol. The maximum atomic E-state index is 9.80. The smallest absolute Gasteiger partial charge is 0.257 e. The molecule has 1 aromatic rings. The van der Waals surface area contributed by atoms with Gasteiger partial charge in [-0.25, -0.2) is 0 Å². The second-order valence-electron chi connectivity index (χ2n) is 5.74. The average molecular weight is 358 g/mol. The maximum Gasteiger partial charge on any atom is 0.257 e. The van der Waals surface area contributed by atoms with Crippen molar-refractivity contribution in [3.8, 4) is 17.9 Å². The van der Waals surface area contributed by atoms with Crippen molar-refractivity contribution in [1.82, 2.24) is 0 Å². The summed E-state index contributed by atoms with van der Waals surface area (Å²) >= 11 is 0. The minimum absolute atomic E-state index is 0.732.